The standard InChI is InChI=1S/C27H26N2O8S/c1-5-36-26(33)23-15(2)28-27-29(24(23)19-11-10-18(34-3)13-20(19)35-4)25(32)21(38-27)12-16-6-8-17(9-7-16)37-14-22(30)31/h6-13,24H,5,14H2,1-4H3,(H,30,31)/b21-12-/t24-/m0/s1. The average molecular weight is 539 g/mol. The van der Waals surface area contributed by atoms with Crippen molar-refractivity contribution >= 4 is 29.4 Å². The highest BCUT2D eigenvalue weighted by Crippen LogP contribution is 2.37. The molecule has 38 heavy (non-hydrogen) atoms. The Kier molecular flexibility index (Phi) is 7.96. The highest BCUT2D eigenvalue weighted by atomic mass is 32.1. The Morgan fingerprint density at radius 2 is 1.82 bits per heavy atom. The first-order valence-electron chi connectivity index (χ1n) is 11.6. The molecule has 4 rings (SSSR count). The van der Waals surface area contributed by atoms with Crippen LogP contribution in [0.25, 0.3) is 6.08 Å². The molecular weight excluding hydrogens is 512 g/mol. The van der Waals surface area contributed by atoms with Crippen LogP contribution in [-0.4, -0.2) is 49.0 Å². The summed E-state index contributed by atoms with van der Waals surface area (Å²) in [5, 5.41) is 8.78. The Morgan fingerprint density at radius 1 is 1.11 bits per heavy atom. The molecular formula is C27H26N2O8S. The van der Waals surface area contributed by atoms with Gasteiger partial charge in [-0.3, -0.25) is 9.36 Å². The number of fused-ring (bicyclic) bond motifs is 1. The number of methoxy groups -OCH3 is 2. The molecule has 0 radical (unpaired) electrons. The van der Waals surface area contributed by atoms with Crippen LogP contribution in [0.4, 0.5) is 0 Å². The van der Waals surface area contributed by atoms with Gasteiger partial charge in [-0.05, 0) is 49.8 Å². The highest BCUT2D eigenvalue weighted by Gasteiger charge is 2.35. The number of carbonyl (C=O) groups excluding carboxylic acids is 1. The van der Waals surface area contributed by atoms with Gasteiger partial charge in [0.25, 0.3) is 5.56 Å². The zero-order chi connectivity index (χ0) is 27.4. The van der Waals surface area contributed by atoms with Crippen LogP contribution >= 0.6 is 11.3 Å². The van der Waals surface area contributed by atoms with E-state index in [4.69, 9.17) is 24.1 Å². The molecule has 2 heterocycles. The number of carboxylic acids is 1. The maximum absolute atomic E-state index is 13.8. The van der Waals surface area contributed by atoms with Gasteiger partial charge in [0.15, 0.2) is 11.4 Å². The Labute approximate surface area is 221 Å². The summed E-state index contributed by atoms with van der Waals surface area (Å²) < 4.78 is 23.3. The number of carbonyl (C=O) groups is 2. The fourth-order valence-electron chi connectivity index (χ4n) is 4.09. The van der Waals surface area contributed by atoms with Gasteiger partial charge in [-0.1, -0.05) is 23.5 Å². The summed E-state index contributed by atoms with van der Waals surface area (Å²) in [5.74, 6) is -0.240. The monoisotopic (exact) mass is 538 g/mol. The number of aromatic nitrogens is 1. The Balaban J connectivity index is 1.86. The minimum Gasteiger partial charge on any atom is -0.497 e. The number of ether oxygens (including phenoxy) is 4. The van der Waals surface area contributed by atoms with Crippen LogP contribution in [0.3, 0.4) is 0 Å². The summed E-state index contributed by atoms with van der Waals surface area (Å²) in [6.07, 6.45) is 1.70. The molecule has 1 aliphatic rings. The summed E-state index contributed by atoms with van der Waals surface area (Å²) in [6.45, 7) is 3.14. The van der Waals surface area contributed by atoms with E-state index in [0.717, 1.165) is 0 Å². The van der Waals surface area contributed by atoms with E-state index in [9.17, 15) is 14.4 Å². The molecule has 0 fully saturated rings. The first-order chi connectivity index (χ1) is 18.3. The number of thiazole rings is 1. The minimum atomic E-state index is -1.07. The molecule has 1 atom stereocenters. The molecule has 1 aromatic heterocycles. The van der Waals surface area contributed by atoms with E-state index in [1.54, 1.807) is 62.4 Å². The summed E-state index contributed by atoms with van der Waals surface area (Å²) in [7, 11) is 3.04. The number of hydrogen-bond acceptors (Lipinski definition) is 9. The summed E-state index contributed by atoms with van der Waals surface area (Å²) >= 11 is 1.19. The van der Waals surface area contributed by atoms with Crippen molar-refractivity contribution in [3.8, 4) is 17.2 Å². The third-order valence-corrected chi connectivity index (χ3v) is 6.78. The van der Waals surface area contributed by atoms with Crippen molar-refractivity contribution in [1.82, 2.24) is 4.57 Å². The van der Waals surface area contributed by atoms with E-state index in [1.165, 1.54) is 30.1 Å². The maximum atomic E-state index is 13.8. The average Bonchev–Trinajstić information content (AvgIpc) is 3.21. The van der Waals surface area contributed by atoms with E-state index >= 15 is 0 Å². The van der Waals surface area contributed by atoms with E-state index in [-0.39, 0.29) is 17.7 Å². The number of nitrogens with zero attached hydrogens (tertiary/aromatic N) is 2. The van der Waals surface area contributed by atoms with Gasteiger partial charge >= 0.3 is 11.9 Å². The Hall–Kier alpha value is -4.38. The van der Waals surface area contributed by atoms with Crippen LogP contribution in [-0.2, 0) is 14.3 Å². The van der Waals surface area contributed by atoms with Crippen molar-refractivity contribution in [3.05, 3.63) is 84.5 Å². The Morgan fingerprint density at radius 3 is 2.45 bits per heavy atom. The molecule has 198 valence electrons. The van der Waals surface area contributed by atoms with Gasteiger partial charge in [0.2, 0.25) is 0 Å². The molecule has 0 bridgehead atoms. The third-order valence-electron chi connectivity index (χ3n) is 5.79. The second-order valence-corrected chi connectivity index (χ2v) is 9.17. The fourth-order valence-corrected chi connectivity index (χ4v) is 5.13. The summed E-state index contributed by atoms with van der Waals surface area (Å²) in [4.78, 5) is 42.6. The number of allylic oxidation sites excluding steroid dienone is 1. The number of rotatable bonds is 9. The largest absolute Gasteiger partial charge is 0.497 e. The minimum absolute atomic E-state index is 0.165. The molecule has 1 N–H and O–H groups in total. The zero-order valence-electron chi connectivity index (χ0n) is 21.2. The predicted octanol–water partition coefficient (Wildman–Crippen LogP) is 2.28. The van der Waals surface area contributed by atoms with Crippen molar-refractivity contribution in [3.63, 3.8) is 0 Å². The van der Waals surface area contributed by atoms with Crippen LogP contribution in [0.5, 0.6) is 17.2 Å². The first kappa shape index (κ1) is 26.7. The molecule has 0 spiro atoms. The zero-order valence-corrected chi connectivity index (χ0v) is 22.0. The predicted molar refractivity (Wildman–Crippen MR) is 140 cm³/mol. The first-order valence-corrected chi connectivity index (χ1v) is 12.4. The number of aliphatic carboxylic acids is 1. The number of hydrogen-bond donors (Lipinski definition) is 1. The molecule has 2 aromatic carbocycles. The van der Waals surface area contributed by atoms with Crippen LogP contribution < -0.4 is 29.1 Å². The van der Waals surface area contributed by atoms with Crippen molar-refractivity contribution in [1.29, 1.82) is 0 Å². The fraction of sp³-hybridized carbons (Fsp3) is 0.259. The lowest BCUT2D eigenvalue weighted by Gasteiger charge is -2.26. The Bertz CT molecular complexity index is 1580. The SMILES string of the molecule is CCOC(=O)C1=C(C)N=c2s/c(=C\c3ccc(OCC(=O)O)cc3)c(=O)n2[C@H]1c1ccc(OC)cc1OC. The second kappa shape index (κ2) is 11.3. The van der Waals surface area contributed by atoms with E-state index in [0.29, 0.717) is 43.4 Å². The lowest BCUT2D eigenvalue weighted by molar-refractivity contribution is -0.140. The lowest BCUT2D eigenvalue weighted by Crippen LogP contribution is -2.40. The summed E-state index contributed by atoms with van der Waals surface area (Å²) in [5.41, 5.74) is 1.64. The van der Waals surface area contributed by atoms with Gasteiger partial charge in [0, 0.05) is 11.6 Å². The van der Waals surface area contributed by atoms with E-state index in [2.05, 4.69) is 4.99 Å². The quantitative estimate of drug-likeness (QED) is 0.412. The molecule has 10 nitrogen and oxygen atoms in total. The van der Waals surface area contributed by atoms with Crippen LogP contribution in [0.1, 0.15) is 31.0 Å². The normalized spacial score (nSPS) is 14.9. The van der Waals surface area contributed by atoms with E-state index in [1.807, 2.05) is 0 Å². The van der Waals surface area contributed by atoms with Crippen molar-refractivity contribution in [2.45, 2.75) is 19.9 Å². The smallest absolute Gasteiger partial charge is 0.341 e. The highest BCUT2D eigenvalue weighted by molar-refractivity contribution is 7.07. The van der Waals surface area contributed by atoms with Gasteiger partial charge in [-0.2, -0.15) is 0 Å². The molecule has 3 aromatic rings. The van der Waals surface area contributed by atoms with Gasteiger partial charge < -0.3 is 24.1 Å². The van der Waals surface area contributed by atoms with Crippen molar-refractivity contribution in [2.24, 2.45) is 4.99 Å². The molecule has 0 saturated heterocycles. The number of carboxylic acid groups (broad SMARTS) is 1. The van der Waals surface area contributed by atoms with Gasteiger partial charge in [-0.15, -0.1) is 0 Å². The molecule has 0 saturated carbocycles. The van der Waals surface area contributed by atoms with Crippen LogP contribution in [0.2, 0.25) is 0 Å². The van der Waals surface area contributed by atoms with Crippen molar-refractivity contribution in [2.75, 3.05) is 27.4 Å². The molecule has 1 aliphatic heterocycles. The van der Waals surface area contributed by atoms with Crippen LogP contribution in [0, 0.1) is 0 Å². The van der Waals surface area contributed by atoms with E-state index < -0.39 is 24.6 Å². The molecule has 11 heteroatoms. The van der Waals surface area contributed by atoms with Gasteiger partial charge in [0.05, 0.1) is 36.6 Å². The molecule has 0 unspecified atom stereocenters. The lowest BCUT2D eigenvalue weighted by atomic mass is 9.95. The van der Waals surface area contributed by atoms with Crippen molar-refractivity contribution < 1.29 is 33.6 Å². The maximum Gasteiger partial charge on any atom is 0.341 e. The van der Waals surface area contributed by atoms with Crippen LogP contribution in [0.15, 0.2) is 63.5 Å². The molecule has 0 aliphatic carbocycles. The van der Waals surface area contributed by atoms with Gasteiger partial charge in [-0.25, -0.2) is 14.6 Å². The third kappa shape index (κ3) is 5.32. The van der Waals surface area contributed by atoms with Gasteiger partial charge in [0.1, 0.15) is 23.3 Å². The number of benzene rings is 2. The summed E-state index contributed by atoms with van der Waals surface area (Å²) in [6, 6.07) is 11.0. The topological polar surface area (TPSA) is 126 Å². The molecule has 0 amide bonds. The number of esters is 1. The second-order valence-electron chi connectivity index (χ2n) is 8.16.